The van der Waals surface area contributed by atoms with Crippen LogP contribution in [-0.4, -0.2) is 58.5 Å². The number of rotatable bonds is 7. The fraction of sp³-hybridized carbons (Fsp3) is 0.750. The van der Waals surface area contributed by atoms with Gasteiger partial charge >= 0.3 is 12.0 Å². The Morgan fingerprint density at radius 3 is 1.95 bits per heavy atom. The average Bonchev–Trinajstić information content (AvgIpc) is 2.22. The number of carboxylic acids is 1. The van der Waals surface area contributed by atoms with Gasteiger partial charge in [-0.25, -0.2) is 4.79 Å². The number of primary amides is 1. The van der Waals surface area contributed by atoms with E-state index in [4.69, 9.17) is 10.8 Å². The monoisotopic (exact) mass is 273 g/mol. The molecule has 0 aromatic heterocycles. The van der Waals surface area contributed by atoms with Crippen molar-refractivity contribution in [2.45, 2.75) is 33.7 Å². The van der Waals surface area contributed by atoms with Crippen LogP contribution in [0.2, 0.25) is 0 Å². The first-order valence-corrected chi connectivity index (χ1v) is 6.20. The molecule has 0 aliphatic heterocycles. The summed E-state index contributed by atoms with van der Waals surface area (Å²) in [6, 6.07) is -0.714. The minimum absolute atomic E-state index is 0.130. The van der Waals surface area contributed by atoms with Crippen LogP contribution in [0.3, 0.4) is 0 Å². The van der Waals surface area contributed by atoms with Crippen LogP contribution < -0.4 is 5.73 Å². The zero-order chi connectivity index (χ0) is 15.2. The van der Waals surface area contributed by atoms with Gasteiger partial charge in [-0.3, -0.25) is 9.59 Å². The molecule has 19 heavy (non-hydrogen) atoms. The largest absolute Gasteiger partial charge is 0.480 e. The summed E-state index contributed by atoms with van der Waals surface area (Å²) in [5.74, 6) is -1.58. The number of carbonyl (C=O) groups is 3. The molecule has 0 saturated carbocycles. The fourth-order valence-electron chi connectivity index (χ4n) is 1.63. The molecule has 0 aromatic rings. The molecule has 0 aromatic carbocycles. The molecule has 0 unspecified atom stereocenters. The summed E-state index contributed by atoms with van der Waals surface area (Å²) in [5, 5.41) is 8.84. The number of nitrogens with zero attached hydrogens (tertiary/aromatic N) is 2. The second-order valence-corrected chi connectivity index (χ2v) is 5.14. The minimum Gasteiger partial charge on any atom is -0.480 e. The van der Waals surface area contributed by atoms with Gasteiger partial charge in [0.2, 0.25) is 5.91 Å². The molecule has 0 heterocycles. The highest BCUT2D eigenvalue weighted by atomic mass is 16.4. The average molecular weight is 273 g/mol. The third kappa shape index (κ3) is 6.64. The number of carbonyl (C=O) groups excluding carboxylic acids is 2. The lowest BCUT2D eigenvalue weighted by atomic mass is 10.2. The maximum Gasteiger partial charge on any atom is 0.323 e. The molecule has 0 radical (unpaired) electrons. The highest BCUT2D eigenvalue weighted by Gasteiger charge is 2.26. The van der Waals surface area contributed by atoms with Crippen molar-refractivity contribution in [1.82, 2.24) is 9.80 Å². The predicted molar refractivity (Wildman–Crippen MR) is 70.5 cm³/mol. The molecule has 0 aliphatic rings. The maximum atomic E-state index is 12.3. The van der Waals surface area contributed by atoms with E-state index in [2.05, 4.69) is 0 Å². The molecular formula is C12H23N3O4. The maximum absolute atomic E-state index is 12.3. The number of nitrogens with two attached hydrogens (primary N) is 1. The molecule has 0 saturated heterocycles. The number of amides is 3. The van der Waals surface area contributed by atoms with Crippen LogP contribution in [-0.2, 0) is 9.59 Å². The van der Waals surface area contributed by atoms with Gasteiger partial charge in [-0.05, 0) is 19.8 Å². The van der Waals surface area contributed by atoms with E-state index in [1.54, 1.807) is 13.8 Å². The summed E-state index contributed by atoms with van der Waals surface area (Å²) in [7, 11) is 0. The zero-order valence-electron chi connectivity index (χ0n) is 11.9. The van der Waals surface area contributed by atoms with E-state index in [-0.39, 0.29) is 25.0 Å². The van der Waals surface area contributed by atoms with Crippen molar-refractivity contribution in [1.29, 1.82) is 0 Å². The van der Waals surface area contributed by atoms with Crippen molar-refractivity contribution in [2.75, 3.05) is 19.6 Å². The Labute approximate surface area is 113 Å². The predicted octanol–water partition coefficient (Wildman–Crippen LogP) is 0.345. The summed E-state index contributed by atoms with van der Waals surface area (Å²) in [6.07, 6.45) is 0. The first kappa shape index (κ1) is 17.2. The van der Waals surface area contributed by atoms with Gasteiger partial charge in [0, 0.05) is 12.6 Å². The molecule has 0 aliphatic carbocycles. The third-order valence-electron chi connectivity index (χ3n) is 2.38. The third-order valence-corrected chi connectivity index (χ3v) is 2.38. The van der Waals surface area contributed by atoms with E-state index < -0.39 is 17.9 Å². The quantitative estimate of drug-likeness (QED) is 0.698. The summed E-state index contributed by atoms with van der Waals surface area (Å²) < 4.78 is 0. The second kappa shape index (κ2) is 7.60. The summed E-state index contributed by atoms with van der Waals surface area (Å²) in [5.41, 5.74) is 5.10. The fourth-order valence-corrected chi connectivity index (χ4v) is 1.63. The molecule has 0 fully saturated rings. The summed E-state index contributed by atoms with van der Waals surface area (Å²) in [6.45, 7) is 6.97. The van der Waals surface area contributed by atoms with Crippen LogP contribution in [0, 0.1) is 5.92 Å². The first-order chi connectivity index (χ1) is 8.65. The van der Waals surface area contributed by atoms with Gasteiger partial charge < -0.3 is 20.6 Å². The highest BCUT2D eigenvalue weighted by Crippen LogP contribution is 2.07. The molecule has 110 valence electrons. The Bertz CT molecular complexity index is 342. The Kier molecular flexibility index (Phi) is 6.89. The van der Waals surface area contributed by atoms with Crippen LogP contribution in [0.25, 0.3) is 0 Å². The van der Waals surface area contributed by atoms with Gasteiger partial charge in [0.1, 0.15) is 13.1 Å². The van der Waals surface area contributed by atoms with E-state index in [9.17, 15) is 14.4 Å². The second-order valence-electron chi connectivity index (χ2n) is 5.14. The Hall–Kier alpha value is -1.79. The van der Waals surface area contributed by atoms with Gasteiger partial charge in [0.05, 0.1) is 0 Å². The molecule has 0 atom stereocenters. The molecular weight excluding hydrogens is 250 g/mol. The van der Waals surface area contributed by atoms with Crippen molar-refractivity contribution >= 4 is 17.9 Å². The lowest BCUT2D eigenvalue weighted by Crippen LogP contribution is -2.51. The van der Waals surface area contributed by atoms with Gasteiger partial charge in [-0.15, -0.1) is 0 Å². The highest BCUT2D eigenvalue weighted by molar-refractivity contribution is 5.85. The van der Waals surface area contributed by atoms with Crippen molar-refractivity contribution in [3.63, 3.8) is 0 Å². The van der Waals surface area contributed by atoms with Crippen LogP contribution in [0.4, 0.5) is 4.79 Å². The standard InChI is InChI=1S/C12H23N3O4/c1-8(2)5-14(7-11(17)18)12(19)15(9(3)4)6-10(13)16/h8-9H,5-7H2,1-4H3,(H2,13,16)(H,17,18). The zero-order valence-corrected chi connectivity index (χ0v) is 11.9. The SMILES string of the molecule is CC(C)CN(CC(=O)O)C(=O)N(CC(N)=O)C(C)C. The lowest BCUT2D eigenvalue weighted by molar-refractivity contribution is -0.137. The number of hydrogen-bond donors (Lipinski definition) is 2. The van der Waals surface area contributed by atoms with E-state index >= 15 is 0 Å². The summed E-state index contributed by atoms with van der Waals surface area (Å²) in [4.78, 5) is 36.5. The smallest absolute Gasteiger partial charge is 0.323 e. The van der Waals surface area contributed by atoms with Crippen molar-refractivity contribution in [3.8, 4) is 0 Å². The first-order valence-electron chi connectivity index (χ1n) is 6.20. The van der Waals surface area contributed by atoms with Gasteiger partial charge in [0.25, 0.3) is 0 Å². The van der Waals surface area contributed by atoms with Crippen LogP contribution in [0.1, 0.15) is 27.7 Å². The number of carboxylic acid groups (broad SMARTS) is 1. The van der Waals surface area contributed by atoms with E-state index in [1.807, 2.05) is 13.8 Å². The van der Waals surface area contributed by atoms with Crippen molar-refractivity contribution < 1.29 is 19.5 Å². The molecule has 0 bridgehead atoms. The summed E-state index contributed by atoms with van der Waals surface area (Å²) >= 11 is 0. The molecule has 3 amide bonds. The van der Waals surface area contributed by atoms with E-state index in [0.29, 0.717) is 6.54 Å². The molecule has 7 nitrogen and oxygen atoms in total. The molecule has 3 N–H and O–H groups in total. The Morgan fingerprint density at radius 2 is 1.63 bits per heavy atom. The molecule has 7 heteroatoms. The molecule has 0 rings (SSSR count). The Morgan fingerprint density at radius 1 is 1.11 bits per heavy atom. The number of urea groups is 1. The van der Waals surface area contributed by atoms with E-state index in [0.717, 1.165) is 0 Å². The van der Waals surface area contributed by atoms with Crippen LogP contribution in [0.15, 0.2) is 0 Å². The topological polar surface area (TPSA) is 104 Å². The van der Waals surface area contributed by atoms with Crippen LogP contribution in [0.5, 0.6) is 0 Å². The van der Waals surface area contributed by atoms with Crippen molar-refractivity contribution in [2.24, 2.45) is 11.7 Å². The number of hydrogen-bond acceptors (Lipinski definition) is 3. The lowest BCUT2D eigenvalue weighted by Gasteiger charge is -2.32. The normalized spacial score (nSPS) is 10.6. The minimum atomic E-state index is -1.09. The van der Waals surface area contributed by atoms with Crippen molar-refractivity contribution in [3.05, 3.63) is 0 Å². The number of aliphatic carboxylic acids is 1. The van der Waals surface area contributed by atoms with Gasteiger partial charge in [-0.1, -0.05) is 13.8 Å². The molecule has 0 spiro atoms. The van der Waals surface area contributed by atoms with Crippen LogP contribution >= 0.6 is 0 Å². The van der Waals surface area contributed by atoms with E-state index in [1.165, 1.54) is 9.80 Å². The Balaban J connectivity index is 4.99. The van der Waals surface area contributed by atoms with Gasteiger partial charge in [0.15, 0.2) is 0 Å². The van der Waals surface area contributed by atoms with Gasteiger partial charge in [-0.2, -0.15) is 0 Å².